The molecule has 1 fully saturated rings. The molecule has 5 rings (SSSR count). The number of sulfone groups is 1. The summed E-state index contributed by atoms with van der Waals surface area (Å²) in [5, 5.41) is 13.9. The van der Waals surface area contributed by atoms with E-state index in [1.165, 1.54) is 56.9 Å². The first-order chi connectivity index (χ1) is 23.2. The Labute approximate surface area is 287 Å². The fourth-order valence-corrected chi connectivity index (χ4v) is 7.68. The van der Waals surface area contributed by atoms with Crippen LogP contribution in [0, 0.1) is 10.1 Å². The van der Waals surface area contributed by atoms with Crippen LogP contribution in [0.3, 0.4) is 0 Å². The van der Waals surface area contributed by atoms with E-state index in [2.05, 4.69) is 30.4 Å². The second-order valence-corrected chi connectivity index (χ2v) is 15.0. The summed E-state index contributed by atoms with van der Waals surface area (Å²) in [5.41, 5.74) is 0.0798. The summed E-state index contributed by atoms with van der Waals surface area (Å²) >= 11 is 7.05. The molecule has 0 saturated carbocycles. The van der Waals surface area contributed by atoms with Gasteiger partial charge in [-0.15, -0.1) is 11.3 Å². The van der Waals surface area contributed by atoms with Gasteiger partial charge in [0.25, 0.3) is 16.0 Å². The van der Waals surface area contributed by atoms with Crippen molar-refractivity contribution in [2.24, 2.45) is 5.10 Å². The van der Waals surface area contributed by atoms with Crippen LogP contribution < -0.4 is 19.5 Å². The number of urea groups is 1. The molecular formula is C24H28ClN11O10S3. The minimum Gasteiger partial charge on any atom is -0.481 e. The van der Waals surface area contributed by atoms with E-state index in [0.29, 0.717) is 11.0 Å². The number of hydrogen-bond donors (Lipinski definition) is 2. The largest absolute Gasteiger partial charge is 0.481 e. The molecule has 0 aromatic carbocycles. The number of amides is 2. The molecule has 1 saturated heterocycles. The number of halogens is 1. The quantitative estimate of drug-likeness (QED) is 0.171. The number of hydrazone groups is 1. The summed E-state index contributed by atoms with van der Waals surface area (Å²) in [7, 11) is -4.37. The van der Waals surface area contributed by atoms with Gasteiger partial charge < -0.3 is 24.0 Å². The number of guanidine groups is 1. The number of imidazole rings is 1. The molecule has 0 atom stereocenters. The molecule has 0 unspecified atom stereocenters. The molecule has 0 aliphatic carbocycles. The molecule has 4 aromatic heterocycles. The lowest BCUT2D eigenvalue weighted by atomic mass is 10.5. The number of ether oxygens (including phenoxy) is 3. The van der Waals surface area contributed by atoms with Crippen LogP contribution in [-0.4, -0.2) is 108 Å². The van der Waals surface area contributed by atoms with Gasteiger partial charge in [0.1, 0.15) is 24.2 Å². The van der Waals surface area contributed by atoms with Crippen LogP contribution in [0.1, 0.15) is 11.8 Å². The first-order valence-electron chi connectivity index (χ1n) is 13.5. The number of sulfonamides is 1. The number of nitro groups is 1. The van der Waals surface area contributed by atoms with E-state index < -0.39 is 41.0 Å². The number of carbonyl (C=O) groups is 1. The Morgan fingerprint density at radius 1 is 1.16 bits per heavy atom. The zero-order valence-electron chi connectivity index (χ0n) is 26.0. The van der Waals surface area contributed by atoms with Crippen molar-refractivity contribution in [1.29, 1.82) is 0 Å². The van der Waals surface area contributed by atoms with Gasteiger partial charge in [0.2, 0.25) is 17.7 Å². The number of hydrogen-bond acceptors (Lipinski definition) is 15. The minimum absolute atomic E-state index is 0.0584. The molecule has 4 aromatic rings. The molecule has 264 valence electrons. The summed E-state index contributed by atoms with van der Waals surface area (Å²) < 4.78 is 69.2. The number of fused-ring (bicyclic) bond motifs is 1. The smallest absolute Gasteiger partial charge is 0.335 e. The summed E-state index contributed by atoms with van der Waals surface area (Å²) in [6, 6.07) is 4.60. The third-order valence-electron chi connectivity index (χ3n) is 6.13. The standard InChI is InChI=1S/C16H18N6O7S2.C8H10ClN5O3S/c1-4-30(24,25)13-14(22-8-6-5-7-10(22)17-13)31(26,27)21-16(23)20-15-18-11(28-2)9-12(19-15)29-3;1-12-4-17-5-13(8(12)11-14(15)16)3-6-2-10-7(9)18-6/h5-9H,4H2,1-3H3,(H2,18,19,20,21,23);2H,3-5H2,1H3/b;11-8+. The molecule has 0 bridgehead atoms. The lowest BCUT2D eigenvalue weighted by molar-refractivity contribution is -0.486. The first-order valence-corrected chi connectivity index (χ1v) is 17.9. The van der Waals surface area contributed by atoms with Crippen molar-refractivity contribution in [2.75, 3.05) is 45.8 Å². The van der Waals surface area contributed by atoms with Gasteiger partial charge in [0.05, 0.1) is 32.6 Å². The van der Waals surface area contributed by atoms with Crippen molar-refractivity contribution in [3.63, 3.8) is 0 Å². The SMILES string of the molecule is CCS(=O)(=O)c1nc2ccccn2c1S(=O)(=O)NC(=O)Nc1nc(OC)cc(OC)n1.CN1COCN(Cc2cnc(Cl)s2)/C1=N/[N+](=O)[O-]. The maximum Gasteiger partial charge on any atom is 0.335 e. The van der Waals surface area contributed by atoms with Crippen molar-refractivity contribution in [3.05, 3.63) is 56.1 Å². The summed E-state index contributed by atoms with van der Waals surface area (Å²) in [6.45, 7) is 2.28. The average molecular weight is 762 g/mol. The Balaban J connectivity index is 0.000000254. The summed E-state index contributed by atoms with van der Waals surface area (Å²) in [5.74, 6) is -0.311. The number of rotatable bonds is 10. The maximum absolute atomic E-state index is 13.0. The van der Waals surface area contributed by atoms with Crippen LogP contribution in [-0.2, 0) is 31.1 Å². The third kappa shape index (κ3) is 9.17. The third-order valence-corrected chi connectivity index (χ3v) is 10.4. The van der Waals surface area contributed by atoms with E-state index in [9.17, 15) is 31.7 Å². The van der Waals surface area contributed by atoms with Gasteiger partial charge in [0, 0.05) is 24.3 Å². The summed E-state index contributed by atoms with van der Waals surface area (Å²) in [4.78, 5) is 42.5. The highest BCUT2D eigenvalue weighted by Gasteiger charge is 2.33. The van der Waals surface area contributed by atoms with Gasteiger partial charge in [-0.2, -0.15) is 18.4 Å². The van der Waals surface area contributed by atoms with E-state index in [1.54, 1.807) is 33.8 Å². The Morgan fingerprint density at radius 3 is 2.45 bits per heavy atom. The number of thiazole rings is 1. The molecule has 1 aliphatic rings. The number of anilines is 1. The number of methoxy groups -OCH3 is 2. The highest BCUT2D eigenvalue weighted by molar-refractivity contribution is 7.93. The van der Waals surface area contributed by atoms with Gasteiger partial charge >= 0.3 is 6.03 Å². The average Bonchev–Trinajstić information content (AvgIpc) is 3.66. The fourth-order valence-electron chi connectivity index (χ4n) is 4.02. The molecule has 5 heterocycles. The van der Waals surface area contributed by atoms with Gasteiger partial charge in [-0.1, -0.05) is 24.6 Å². The van der Waals surface area contributed by atoms with Gasteiger partial charge in [-0.05, 0) is 12.1 Å². The topological polar surface area (TPSA) is 255 Å². The molecular weight excluding hydrogens is 734 g/mol. The fraction of sp³-hybridized carbons (Fsp3) is 0.333. The molecule has 21 nitrogen and oxygen atoms in total. The van der Waals surface area contributed by atoms with Gasteiger partial charge in [-0.25, -0.2) is 38.0 Å². The Kier molecular flexibility index (Phi) is 11.7. The van der Waals surface area contributed by atoms with Crippen molar-refractivity contribution in [2.45, 2.75) is 23.5 Å². The highest BCUT2D eigenvalue weighted by atomic mass is 35.5. The van der Waals surface area contributed by atoms with Crippen LogP contribution in [0.5, 0.6) is 11.8 Å². The predicted octanol–water partition coefficient (Wildman–Crippen LogP) is 1.47. The van der Waals surface area contributed by atoms with E-state index in [4.69, 9.17) is 25.8 Å². The van der Waals surface area contributed by atoms with Gasteiger partial charge in [-0.3, -0.25) is 9.72 Å². The number of pyridine rings is 1. The monoisotopic (exact) mass is 761 g/mol. The lowest BCUT2D eigenvalue weighted by Crippen LogP contribution is -2.49. The van der Waals surface area contributed by atoms with Crippen LogP contribution in [0.25, 0.3) is 5.65 Å². The molecule has 2 amide bonds. The highest BCUT2D eigenvalue weighted by Crippen LogP contribution is 2.24. The van der Waals surface area contributed by atoms with Crippen molar-refractivity contribution in [1.82, 2.24) is 38.9 Å². The molecule has 25 heteroatoms. The summed E-state index contributed by atoms with van der Waals surface area (Å²) in [6.07, 6.45) is 2.95. The van der Waals surface area contributed by atoms with Crippen molar-refractivity contribution in [3.8, 4) is 11.8 Å². The Hall–Kier alpha value is -4.91. The Morgan fingerprint density at radius 2 is 1.86 bits per heavy atom. The number of carbonyl (C=O) groups excluding carboxylic acids is 1. The minimum atomic E-state index is -4.68. The lowest BCUT2D eigenvalue weighted by Gasteiger charge is -2.34. The molecule has 2 N–H and O–H groups in total. The Bertz CT molecular complexity index is 2070. The number of nitrogens with one attached hydrogen (secondary N) is 2. The number of aromatic nitrogens is 5. The van der Waals surface area contributed by atoms with E-state index in [-0.39, 0.29) is 48.5 Å². The van der Waals surface area contributed by atoms with E-state index >= 15 is 0 Å². The van der Waals surface area contributed by atoms with Crippen LogP contribution in [0.4, 0.5) is 10.7 Å². The van der Waals surface area contributed by atoms with E-state index in [0.717, 1.165) is 9.28 Å². The van der Waals surface area contributed by atoms with Gasteiger partial charge in [0.15, 0.2) is 29.4 Å². The van der Waals surface area contributed by atoms with Crippen LogP contribution >= 0.6 is 22.9 Å². The predicted molar refractivity (Wildman–Crippen MR) is 173 cm³/mol. The maximum atomic E-state index is 13.0. The molecule has 0 radical (unpaired) electrons. The molecule has 0 spiro atoms. The zero-order valence-corrected chi connectivity index (χ0v) is 29.2. The molecule has 49 heavy (non-hydrogen) atoms. The van der Waals surface area contributed by atoms with Crippen molar-refractivity contribution < 1.29 is 40.9 Å². The van der Waals surface area contributed by atoms with Crippen LogP contribution in [0.2, 0.25) is 4.47 Å². The van der Waals surface area contributed by atoms with Crippen LogP contribution in [0.15, 0.2) is 51.8 Å². The second-order valence-electron chi connectivity index (χ2n) is 9.47. The van der Waals surface area contributed by atoms with Crippen molar-refractivity contribution >= 4 is 66.4 Å². The van der Waals surface area contributed by atoms with E-state index in [1.807, 2.05) is 0 Å². The normalized spacial score (nSPS) is 14.3. The molecule has 1 aliphatic heterocycles. The number of nitrogens with zero attached hydrogens (tertiary/aromatic N) is 9. The first kappa shape index (κ1) is 36.9. The second kappa shape index (κ2) is 15.5. The zero-order chi connectivity index (χ0) is 35.9.